The number of sulfonamides is 1. The molecule has 94 valence electrons. The van der Waals surface area contributed by atoms with Gasteiger partial charge < -0.3 is 0 Å². The summed E-state index contributed by atoms with van der Waals surface area (Å²) < 4.78 is 27.4. The van der Waals surface area contributed by atoms with E-state index >= 15 is 0 Å². The lowest BCUT2D eigenvalue weighted by atomic mass is 10.3. The van der Waals surface area contributed by atoms with Crippen LogP contribution in [0.2, 0.25) is 0 Å². The van der Waals surface area contributed by atoms with E-state index < -0.39 is 15.3 Å². The Labute approximate surface area is 101 Å². The summed E-state index contributed by atoms with van der Waals surface area (Å²) in [6, 6.07) is 1.78. The van der Waals surface area contributed by atoms with E-state index in [4.69, 9.17) is 5.26 Å². The van der Waals surface area contributed by atoms with E-state index in [0.29, 0.717) is 12.8 Å². The molecule has 1 atom stereocenters. The van der Waals surface area contributed by atoms with Crippen molar-refractivity contribution in [2.45, 2.75) is 25.0 Å². The molecule has 0 saturated carbocycles. The Bertz CT molecular complexity index is 501. The van der Waals surface area contributed by atoms with Crippen LogP contribution in [0.1, 0.15) is 18.9 Å². The molecule has 7 heteroatoms. The topological polar surface area (TPSA) is 87.8 Å². The molecular formula is C10H16N4O2S. The van der Waals surface area contributed by atoms with Crippen LogP contribution in [-0.4, -0.2) is 30.0 Å². The van der Waals surface area contributed by atoms with Gasteiger partial charge in [-0.15, -0.1) is 0 Å². The largest absolute Gasteiger partial charge is 0.276 e. The molecule has 0 aromatic carbocycles. The van der Waals surface area contributed by atoms with E-state index in [1.165, 1.54) is 0 Å². The van der Waals surface area contributed by atoms with Gasteiger partial charge in [-0.2, -0.15) is 10.4 Å². The summed E-state index contributed by atoms with van der Waals surface area (Å²) in [5, 5.41) is 11.7. The Morgan fingerprint density at radius 2 is 2.35 bits per heavy atom. The number of nitrogens with one attached hydrogen (secondary N) is 1. The van der Waals surface area contributed by atoms with Crippen LogP contribution in [0.5, 0.6) is 0 Å². The molecule has 1 aromatic heterocycles. The molecule has 1 unspecified atom stereocenters. The third kappa shape index (κ3) is 3.84. The molecule has 0 aliphatic carbocycles. The minimum atomic E-state index is -3.52. The second-order valence-electron chi connectivity index (χ2n) is 3.74. The van der Waals surface area contributed by atoms with Crippen molar-refractivity contribution < 1.29 is 8.42 Å². The van der Waals surface area contributed by atoms with Crippen LogP contribution in [0, 0.1) is 11.3 Å². The molecule has 0 bridgehead atoms. The molecule has 0 fully saturated rings. The zero-order chi connectivity index (χ0) is 12.9. The number of nitrogens with zero attached hydrogens (tertiary/aromatic N) is 3. The van der Waals surface area contributed by atoms with Crippen LogP contribution in [0.15, 0.2) is 12.4 Å². The van der Waals surface area contributed by atoms with Gasteiger partial charge in [-0.25, -0.2) is 13.1 Å². The van der Waals surface area contributed by atoms with E-state index in [2.05, 4.69) is 9.82 Å². The van der Waals surface area contributed by atoms with Gasteiger partial charge in [-0.3, -0.25) is 4.68 Å². The molecule has 0 aliphatic rings. The first kappa shape index (κ1) is 13.7. The van der Waals surface area contributed by atoms with Crippen LogP contribution < -0.4 is 4.72 Å². The van der Waals surface area contributed by atoms with E-state index in [-0.39, 0.29) is 6.54 Å². The van der Waals surface area contributed by atoms with Crippen LogP contribution in [0.4, 0.5) is 0 Å². The lowest BCUT2D eigenvalue weighted by Crippen LogP contribution is -2.34. The average Bonchev–Trinajstić information content (AvgIpc) is 2.65. The van der Waals surface area contributed by atoms with Crippen LogP contribution in [-0.2, 0) is 23.5 Å². The fourth-order valence-electron chi connectivity index (χ4n) is 1.42. The molecule has 1 rings (SSSR count). The number of hydrogen-bond acceptors (Lipinski definition) is 4. The quantitative estimate of drug-likeness (QED) is 0.786. The molecule has 6 nitrogen and oxygen atoms in total. The summed E-state index contributed by atoms with van der Waals surface area (Å²) in [6.07, 6.45) is 4.37. The van der Waals surface area contributed by atoms with E-state index in [1.807, 2.05) is 6.20 Å². The van der Waals surface area contributed by atoms with Gasteiger partial charge in [0.2, 0.25) is 10.0 Å². The van der Waals surface area contributed by atoms with Gasteiger partial charge in [-0.05, 0) is 18.4 Å². The summed E-state index contributed by atoms with van der Waals surface area (Å²) >= 11 is 0. The first-order valence-corrected chi connectivity index (χ1v) is 6.90. The Hall–Kier alpha value is -1.39. The first-order chi connectivity index (χ1) is 7.99. The molecule has 1 aromatic rings. The van der Waals surface area contributed by atoms with Crippen molar-refractivity contribution in [3.63, 3.8) is 0 Å². The van der Waals surface area contributed by atoms with Gasteiger partial charge in [-0.1, -0.05) is 6.92 Å². The molecule has 1 N–H and O–H groups in total. The van der Waals surface area contributed by atoms with Crippen molar-refractivity contribution >= 4 is 10.0 Å². The highest BCUT2D eigenvalue weighted by atomic mass is 32.2. The number of aromatic nitrogens is 2. The highest BCUT2D eigenvalue weighted by molar-refractivity contribution is 7.90. The van der Waals surface area contributed by atoms with Gasteiger partial charge in [0.25, 0.3) is 0 Å². The number of aryl methyl sites for hydroxylation is 1. The zero-order valence-electron chi connectivity index (χ0n) is 9.92. The zero-order valence-corrected chi connectivity index (χ0v) is 10.7. The number of rotatable bonds is 6. The predicted octanol–water partition coefficient (Wildman–Crippen LogP) is 0.184. The fourth-order valence-corrected chi connectivity index (χ4v) is 2.58. The molecule has 0 spiro atoms. The van der Waals surface area contributed by atoms with Crippen LogP contribution in [0.25, 0.3) is 0 Å². The Balaban J connectivity index is 2.49. The molecule has 17 heavy (non-hydrogen) atoms. The van der Waals surface area contributed by atoms with Crippen molar-refractivity contribution in [2.75, 3.05) is 6.54 Å². The first-order valence-electron chi connectivity index (χ1n) is 5.35. The monoisotopic (exact) mass is 256 g/mol. The van der Waals surface area contributed by atoms with Crippen molar-refractivity contribution in [3.05, 3.63) is 18.0 Å². The SMILES string of the molecule is CCC(C#N)S(=O)(=O)NCCc1cnn(C)c1. The summed E-state index contributed by atoms with van der Waals surface area (Å²) in [6.45, 7) is 1.96. The number of hydrogen-bond donors (Lipinski definition) is 1. The maximum atomic E-state index is 11.6. The normalized spacial score (nSPS) is 13.2. The van der Waals surface area contributed by atoms with Gasteiger partial charge >= 0.3 is 0 Å². The van der Waals surface area contributed by atoms with Gasteiger partial charge in [0.05, 0.1) is 12.3 Å². The van der Waals surface area contributed by atoms with E-state index in [0.717, 1.165) is 5.56 Å². The van der Waals surface area contributed by atoms with Gasteiger partial charge in [0, 0.05) is 19.8 Å². The lowest BCUT2D eigenvalue weighted by molar-refractivity contribution is 0.572. The standard InChI is InChI=1S/C10H16N4O2S/c1-3-10(6-11)17(15,16)13-5-4-9-7-12-14(2)8-9/h7-8,10,13H,3-5H2,1-2H3. The smallest absolute Gasteiger partial charge is 0.227 e. The molecular weight excluding hydrogens is 240 g/mol. The van der Waals surface area contributed by atoms with Crippen LogP contribution in [0.3, 0.4) is 0 Å². The van der Waals surface area contributed by atoms with Gasteiger partial charge in [0.15, 0.2) is 5.25 Å². The molecule has 0 aliphatic heterocycles. The highest BCUT2D eigenvalue weighted by Gasteiger charge is 2.22. The summed E-state index contributed by atoms with van der Waals surface area (Å²) in [5.74, 6) is 0. The maximum Gasteiger partial charge on any atom is 0.227 e. The maximum absolute atomic E-state index is 11.6. The van der Waals surface area contributed by atoms with E-state index in [9.17, 15) is 8.42 Å². The molecule has 1 heterocycles. The molecule has 0 saturated heterocycles. The predicted molar refractivity (Wildman–Crippen MR) is 63.5 cm³/mol. The second kappa shape index (κ2) is 5.80. The Kier molecular flexibility index (Phi) is 4.66. The molecule has 0 amide bonds. The van der Waals surface area contributed by atoms with Crippen molar-refractivity contribution in [3.8, 4) is 6.07 Å². The highest BCUT2D eigenvalue weighted by Crippen LogP contribution is 2.03. The fraction of sp³-hybridized carbons (Fsp3) is 0.600. The summed E-state index contributed by atoms with van der Waals surface area (Å²) in [5.41, 5.74) is 0.959. The minimum Gasteiger partial charge on any atom is -0.276 e. The van der Waals surface area contributed by atoms with Crippen LogP contribution >= 0.6 is 0 Å². The summed E-state index contributed by atoms with van der Waals surface area (Å²) in [7, 11) is -1.72. The average molecular weight is 256 g/mol. The second-order valence-corrected chi connectivity index (χ2v) is 5.69. The number of nitriles is 1. The summed E-state index contributed by atoms with van der Waals surface area (Å²) in [4.78, 5) is 0. The molecule has 0 radical (unpaired) electrons. The van der Waals surface area contributed by atoms with Crippen molar-refractivity contribution in [1.29, 1.82) is 5.26 Å². The van der Waals surface area contributed by atoms with Crippen molar-refractivity contribution in [2.24, 2.45) is 7.05 Å². The Morgan fingerprint density at radius 3 is 2.82 bits per heavy atom. The Morgan fingerprint density at radius 1 is 1.65 bits per heavy atom. The van der Waals surface area contributed by atoms with Gasteiger partial charge in [0.1, 0.15) is 0 Å². The third-order valence-corrected chi connectivity index (χ3v) is 4.16. The minimum absolute atomic E-state index is 0.284. The van der Waals surface area contributed by atoms with E-state index in [1.54, 1.807) is 30.9 Å². The lowest BCUT2D eigenvalue weighted by Gasteiger charge is -2.09. The van der Waals surface area contributed by atoms with Crippen molar-refractivity contribution in [1.82, 2.24) is 14.5 Å². The third-order valence-electron chi connectivity index (χ3n) is 2.36.